The second-order valence-electron chi connectivity index (χ2n) is 3.91. The highest BCUT2D eigenvalue weighted by molar-refractivity contribution is 5.94. The SMILES string of the molecule is Cc1ccc(C(=O)N[C@H](C)CN)cc1C.Cl. The van der Waals surface area contributed by atoms with Crippen molar-refractivity contribution in [1.29, 1.82) is 0 Å². The zero-order valence-corrected chi connectivity index (χ0v) is 10.7. The quantitative estimate of drug-likeness (QED) is 0.849. The predicted molar refractivity (Wildman–Crippen MR) is 69.1 cm³/mol. The maximum absolute atomic E-state index is 11.7. The third kappa shape index (κ3) is 3.83. The van der Waals surface area contributed by atoms with Gasteiger partial charge in [0.1, 0.15) is 0 Å². The summed E-state index contributed by atoms with van der Waals surface area (Å²) in [4.78, 5) is 11.7. The number of halogens is 1. The third-order valence-corrected chi connectivity index (χ3v) is 2.50. The summed E-state index contributed by atoms with van der Waals surface area (Å²) in [5.74, 6) is -0.0592. The number of rotatable bonds is 3. The van der Waals surface area contributed by atoms with Crippen LogP contribution in [0.2, 0.25) is 0 Å². The van der Waals surface area contributed by atoms with E-state index in [1.165, 1.54) is 5.56 Å². The molecule has 1 aromatic rings. The molecule has 0 aliphatic heterocycles. The number of carbonyl (C=O) groups is 1. The van der Waals surface area contributed by atoms with Gasteiger partial charge in [0.2, 0.25) is 0 Å². The van der Waals surface area contributed by atoms with Crippen LogP contribution in [0.1, 0.15) is 28.4 Å². The van der Waals surface area contributed by atoms with E-state index in [1.807, 2.05) is 39.0 Å². The standard InChI is InChI=1S/C12H18N2O.ClH/c1-8-4-5-11(6-9(8)2)12(15)14-10(3)7-13;/h4-6,10H,7,13H2,1-3H3,(H,14,15);1H/t10-;/m1./s1. The van der Waals surface area contributed by atoms with Gasteiger partial charge in [-0.25, -0.2) is 0 Å². The first-order chi connectivity index (χ1) is 7.04. The van der Waals surface area contributed by atoms with Crippen molar-refractivity contribution in [2.24, 2.45) is 5.73 Å². The lowest BCUT2D eigenvalue weighted by molar-refractivity contribution is 0.0941. The first kappa shape index (κ1) is 14.9. The molecular formula is C12H19ClN2O. The van der Waals surface area contributed by atoms with Gasteiger partial charge >= 0.3 is 0 Å². The summed E-state index contributed by atoms with van der Waals surface area (Å²) in [6.07, 6.45) is 0. The summed E-state index contributed by atoms with van der Waals surface area (Å²) in [6, 6.07) is 5.70. The van der Waals surface area contributed by atoms with Gasteiger partial charge in [-0.05, 0) is 44.0 Å². The van der Waals surface area contributed by atoms with Crippen molar-refractivity contribution in [3.63, 3.8) is 0 Å². The highest BCUT2D eigenvalue weighted by Gasteiger charge is 2.08. The molecule has 3 nitrogen and oxygen atoms in total. The molecule has 1 atom stereocenters. The van der Waals surface area contributed by atoms with Gasteiger partial charge in [0.25, 0.3) is 5.91 Å². The summed E-state index contributed by atoms with van der Waals surface area (Å²) in [5.41, 5.74) is 8.45. The molecule has 0 spiro atoms. The molecule has 0 saturated carbocycles. The summed E-state index contributed by atoms with van der Waals surface area (Å²) in [7, 11) is 0. The lowest BCUT2D eigenvalue weighted by Gasteiger charge is -2.11. The first-order valence-corrected chi connectivity index (χ1v) is 5.12. The molecule has 1 rings (SSSR count). The largest absolute Gasteiger partial charge is 0.348 e. The molecule has 0 aliphatic rings. The average Bonchev–Trinajstić information content (AvgIpc) is 2.21. The Morgan fingerprint density at radius 1 is 1.38 bits per heavy atom. The normalized spacial score (nSPS) is 11.5. The lowest BCUT2D eigenvalue weighted by atomic mass is 10.1. The molecule has 0 saturated heterocycles. The number of hydrogen-bond acceptors (Lipinski definition) is 2. The van der Waals surface area contributed by atoms with Gasteiger partial charge in [0.05, 0.1) is 0 Å². The highest BCUT2D eigenvalue weighted by Crippen LogP contribution is 2.09. The number of hydrogen-bond donors (Lipinski definition) is 2. The molecule has 0 aliphatic carbocycles. The molecule has 90 valence electrons. The van der Waals surface area contributed by atoms with Crippen molar-refractivity contribution >= 4 is 18.3 Å². The van der Waals surface area contributed by atoms with Crippen molar-refractivity contribution in [2.75, 3.05) is 6.54 Å². The van der Waals surface area contributed by atoms with Crippen LogP contribution >= 0.6 is 12.4 Å². The number of nitrogens with one attached hydrogen (secondary N) is 1. The maximum Gasteiger partial charge on any atom is 0.251 e. The van der Waals surface area contributed by atoms with Crippen LogP contribution < -0.4 is 11.1 Å². The Hall–Kier alpha value is -1.06. The molecule has 4 heteroatoms. The van der Waals surface area contributed by atoms with Gasteiger partial charge in [-0.1, -0.05) is 6.07 Å². The smallest absolute Gasteiger partial charge is 0.251 e. The van der Waals surface area contributed by atoms with Crippen LogP contribution in [0.15, 0.2) is 18.2 Å². The zero-order valence-electron chi connectivity index (χ0n) is 9.91. The van der Waals surface area contributed by atoms with Crippen LogP contribution in [0.25, 0.3) is 0 Å². The van der Waals surface area contributed by atoms with E-state index in [0.717, 1.165) is 5.56 Å². The van der Waals surface area contributed by atoms with E-state index in [4.69, 9.17) is 5.73 Å². The van der Waals surface area contributed by atoms with Crippen LogP contribution in [-0.4, -0.2) is 18.5 Å². The van der Waals surface area contributed by atoms with E-state index >= 15 is 0 Å². The Balaban J connectivity index is 0.00000225. The summed E-state index contributed by atoms with van der Waals surface area (Å²) < 4.78 is 0. The second-order valence-corrected chi connectivity index (χ2v) is 3.91. The fraction of sp³-hybridized carbons (Fsp3) is 0.417. The number of carbonyl (C=O) groups excluding carboxylic acids is 1. The average molecular weight is 243 g/mol. The molecule has 0 heterocycles. The predicted octanol–water partition coefficient (Wildman–Crippen LogP) is 1.80. The Bertz CT molecular complexity index is 366. The van der Waals surface area contributed by atoms with Gasteiger partial charge in [-0.2, -0.15) is 0 Å². The summed E-state index contributed by atoms with van der Waals surface area (Å²) in [5, 5.41) is 2.83. The number of amides is 1. The van der Waals surface area contributed by atoms with Crippen LogP contribution in [0.3, 0.4) is 0 Å². The minimum absolute atomic E-state index is 0. The number of aryl methyl sites for hydroxylation is 2. The molecular weight excluding hydrogens is 224 g/mol. The molecule has 0 aromatic heterocycles. The van der Waals surface area contributed by atoms with Gasteiger partial charge in [-0.3, -0.25) is 4.79 Å². The number of nitrogens with two attached hydrogens (primary N) is 1. The lowest BCUT2D eigenvalue weighted by Crippen LogP contribution is -2.37. The van der Waals surface area contributed by atoms with Crippen LogP contribution in [0.4, 0.5) is 0 Å². The number of benzene rings is 1. The van der Waals surface area contributed by atoms with Crippen LogP contribution in [0, 0.1) is 13.8 Å². The van der Waals surface area contributed by atoms with Crippen molar-refractivity contribution in [3.8, 4) is 0 Å². The van der Waals surface area contributed by atoms with Crippen molar-refractivity contribution in [2.45, 2.75) is 26.8 Å². The third-order valence-electron chi connectivity index (χ3n) is 2.50. The van der Waals surface area contributed by atoms with Crippen molar-refractivity contribution in [3.05, 3.63) is 34.9 Å². The molecule has 0 fully saturated rings. The molecule has 0 radical (unpaired) electrons. The minimum atomic E-state index is -0.0592. The van der Waals surface area contributed by atoms with Crippen molar-refractivity contribution in [1.82, 2.24) is 5.32 Å². The minimum Gasteiger partial charge on any atom is -0.348 e. The fourth-order valence-corrected chi connectivity index (χ4v) is 1.25. The summed E-state index contributed by atoms with van der Waals surface area (Å²) in [6.45, 7) is 6.37. The first-order valence-electron chi connectivity index (χ1n) is 5.12. The highest BCUT2D eigenvalue weighted by atomic mass is 35.5. The maximum atomic E-state index is 11.7. The van der Waals surface area contributed by atoms with Crippen molar-refractivity contribution < 1.29 is 4.79 Å². The zero-order chi connectivity index (χ0) is 11.4. The molecule has 0 bridgehead atoms. The topological polar surface area (TPSA) is 55.1 Å². The Morgan fingerprint density at radius 2 is 2.00 bits per heavy atom. The fourth-order valence-electron chi connectivity index (χ4n) is 1.25. The Morgan fingerprint density at radius 3 is 2.50 bits per heavy atom. The van der Waals surface area contributed by atoms with Gasteiger partial charge in [0.15, 0.2) is 0 Å². The van der Waals surface area contributed by atoms with Gasteiger partial charge in [0, 0.05) is 18.2 Å². The molecule has 3 N–H and O–H groups in total. The van der Waals surface area contributed by atoms with E-state index < -0.39 is 0 Å². The summed E-state index contributed by atoms with van der Waals surface area (Å²) >= 11 is 0. The van der Waals surface area contributed by atoms with Gasteiger partial charge < -0.3 is 11.1 Å². The van der Waals surface area contributed by atoms with Crippen LogP contribution in [0.5, 0.6) is 0 Å². The van der Waals surface area contributed by atoms with E-state index in [1.54, 1.807) is 0 Å². The van der Waals surface area contributed by atoms with E-state index in [2.05, 4.69) is 5.32 Å². The van der Waals surface area contributed by atoms with E-state index in [0.29, 0.717) is 12.1 Å². The van der Waals surface area contributed by atoms with Gasteiger partial charge in [-0.15, -0.1) is 12.4 Å². The van der Waals surface area contributed by atoms with Crippen LogP contribution in [-0.2, 0) is 0 Å². The molecule has 1 aromatic carbocycles. The van der Waals surface area contributed by atoms with E-state index in [9.17, 15) is 4.79 Å². The second kappa shape index (κ2) is 6.51. The molecule has 1 amide bonds. The Kier molecular flexibility index (Phi) is 6.08. The molecule has 0 unspecified atom stereocenters. The monoisotopic (exact) mass is 242 g/mol. The molecule has 16 heavy (non-hydrogen) atoms. The Labute approximate surface area is 103 Å². The van der Waals surface area contributed by atoms with E-state index in [-0.39, 0.29) is 24.4 Å².